The molecule has 1 amide bonds. The van der Waals surface area contributed by atoms with Crippen molar-refractivity contribution in [2.45, 2.75) is 20.8 Å². The van der Waals surface area contributed by atoms with Crippen molar-refractivity contribution >= 4 is 5.91 Å². The van der Waals surface area contributed by atoms with E-state index in [0.29, 0.717) is 5.69 Å². The number of carbonyl (C=O) groups is 1. The molecule has 5 nitrogen and oxygen atoms in total. The fraction of sp³-hybridized carbons (Fsp3) is 0.474. The monoisotopic (exact) mass is 326 g/mol. The molecule has 1 aliphatic rings. The van der Waals surface area contributed by atoms with E-state index in [1.807, 2.05) is 22.7 Å². The lowest BCUT2D eigenvalue weighted by molar-refractivity contribution is 0.0637. The molecule has 0 unspecified atom stereocenters. The van der Waals surface area contributed by atoms with Gasteiger partial charge in [0.05, 0.1) is 5.69 Å². The Morgan fingerprint density at radius 1 is 1.12 bits per heavy atom. The van der Waals surface area contributed by atoms with Gasteiger partial charge < -0.3 is 9.80 Å². The van der Waals surface area contributed by atoms with Crippen molar-refractivity contribution in [2.75, 3.05) is 32.7 Å². The molecule has 0 aliphatic carbocycles. The van der Waals surface area contributed by atoms with E-state index < -0.39 is 0 Å². The summed E-state index contributed by atoms with van der Waals surface area (Å²) in [5.74, 6) is 0.0392. The van der Waals surface area contributed by atoms with Crippen LogP contribution in [-0.2, 0) is 7.05 Å². The number of aromatic nitrogens is 2. The lowest BCUT2D eigenvalue weighted by atomic mass is 10.0. The van der Waals surface area contributed by atoms with Crippen molar-refractivity contribution in [3.63, 3.8) is 0 Å². The first-order valence-corrected chi connectivity index (χ1v) is 8.63. The molecule has 1 aliphatic heterocycles. The molecule has 1 aromatic carbocycles. The third-order valence-electron chi connectivity index (χ3n) is 4.86. The second kappa shape index (κ2) is 6.77. The van der Waals surface area contributed by atoms with Crippen molar-refractivity contribution < 1.29 is 4.79 Å². The van der Waals surface area contributed by atoms with Crippen LogP contribution < -0.4 is 0 Å². The number of hydrogen-bond donors (Lipinski definition) is 0. The molecule has 128 valence electrons. The minimum absolute atomic E-state index is 0.0392. The van der Waals surface area contributed by atoms with Crippen molar-refractivity contribution in [3.05, 3.63) is 41.1 Å². The van der Waals surface area contributed by atoms with Crippen LogP contribution in [0.3, 0.4) is 0 Å². The van der Waals surface area contributed by atoms with Crippen LogP contribution in [0.1, 0.15) is 28.5 Å². The maximum atomic E-state index is 12.8. The standard InChI is InChI=1S/C19H26N4O/c1-5-22-8-10-23(11-9-22)19(24)17-13-18(21(4)20-17)16-7-6-14(2)12-15(16)3/h6-7,12-13H,5,8-11H2,1-4H3. The third-order valence-corrected chi connectivity index (χ3v) is 4.86. The maximum absolute atomic E-state index is 12.8. The summed E-state index contributed by atoms with van der Waals surface area (Å²) in [4.78, 5) is 17.0. The van der Waals surface area contributed by atoms with E-state index in [1.54, 1.807) is 0 Å². The average Bonchev–Trinajstić information content (AvgIpc) is 2.96. The number of aryl methyl sites for hydroxylation is 3. The van der Waals surface area contributed by atoms with Gasteiger partial charge >= 0.3 is 0 Å². The number of rotatable bonds is 3. The van der Waals surface area contributed by atoms with Gasteiger partial charge in [0.15, 0.2) is 5.69 Å². The summed E-state index contributed by atoms with van der Waals surface area (Å²) in [6.07, 6.45) is 0. The highest BCUT2D eigenvalue weighted by Gasteiger charge is 2.24. The van der Waals surface area contributed by atoms with Gasteiger partial charge in [-0.05, 0) is 32.0 Å². The van der Waals surface area contributed by atoms with Gasteiger partial charge in [0, 0.05) is 38.8 Å². The van der Waals surface area contributed by atoms with Crippen LogP contribution in [0.25, 0.3) is 11.3 Å². The Bertz CT molecular complexity index is 742. The largest absolute Gasteiger partial charge is 0.335 e. The molecule has 0 radical (unpaired) electrons. The summed E-state index contributed by atoms with van der Waals surface area (Å²) in [7, 11) is 1.90. The third kappa shape index (κ3) is 3.22. The molecule has 0 spiro atoms. The Kier molecular flexibility index (Phi) is 4.71. The average molecular weight is 326 g/mol. The van der Waals surface area contributed by atoms with Gasteiger partial charge in [-0.25, -0.2) is 0 Å². The van der Waals surface area contributed by atoms with Crippen LogP contribution in [-0.4, -0.2) is 58.2 Å². The minimum atomic E-state index is 0.0392. The van der Waals surface area contributed by atoms with Crippen LogP contribution in [0, 0.1) is 13.8 Å². The van der Waals surface area contributed by atoms with Gasteiger partial charge in [0.2, 0.25) is 0 Å². The summed E-state index contributed by atoms with van der Waals surface area (Å²) >= 11 is 0. The van der Waals surface area contributed by atoms with Gasteiger partial charge in [0.25, 0.3) is 5.91 Å². The number of hydrogen-bond acceptors (Lipinski definition) is 3. The van der Waals surface area contributed by atoms with Crippen molar-refractivity contribution in [1.82, 2.24) is 19.6 Å². The zero-order valence-corrected chi connectivity index (χ0v) is 15.0. The summed E-state index contributed by atoms with van der Waals surface area (Å²) in [5, 5.41) is 4.48. The van der Waals surface area contributed by atoms with Gasteiger partial charge in [-0.15, -0.1) is 0 Å². The molecule has 2 aromatic rings. The van der Waals surface area contributed by atoms with Crippen molar-refractivity contribution in [3.8, 4) is 11.3 Å². The summed E-state index contributed by atoms with van der Waals surface area (Å²) in [6.45, 7) is 10.8. The zero-order valence-electron chi connectivity index (χ0n) is 15.0. The summed E-state index contributed by atoms with van der Waals surface area (Å²) in [6, 6.07) is 8.29. The molecule has 1 aromatic heterocycles. The van der Waals surface area contributed by atoms with E-state index in [1.165, 1.54) is 11.1 Å². The topological polar surface area (TPSA) is 41.4 Å². The maximum Gasteiger partial charge on any atom is 0.274 e. The Morgan fingerprint density at radius 2 is 1.83 bits per heavy atom. The number of carbonyl (C=O) groups excluding carboxylic acids is 1. The van der Waals surface area contributed by atoms with Crippen molar-refractivity contribution in [2.24, 2.45) is 7.05 Å². The first kappa shape index (κ1) is 16.7. The number of amides is 1. The first-order chi connectivity index (χ1) is 11.5. The molecule has 0 atom stereocenters. The van der Waals surface area contributed by atoms with E-state index in [0.717, 1.165) is 44.0 Å². The molecule has 0 saturated carbocycles. The number of likely N-dealkylation sites (N-methyl/N-ethyl adjacent to an activating group) is 1. The molecule has 1 fully saturated rings. The lowest BCUT2D eigenvalue weighted by Crippen LogP contribution is -2.48. The highest BCUT2D eigenvalue weighted by atomic mass is 16.2. The van der Waals surface area contributed by atoms with Crippen LogP contribution in [0.2, 0.25) is 0 Å². The predicted octanol–water partition coefficient (Wildman–Crippen LogP) is 2.48. The zero-order chi connectivity index (χ0) is 17.3. The second-order valence-corrected chi connectivity index (χ2v) is 6.58. The fourth-order valence-corrected chi connectivity index (χ4v) is 3.35. The second-order valence-electron chi connectivity index (χ2n) is 6.58. The van der Waals surface area contributed by atoms with Crippen molar-refractivity contribution in [1.29, 1.82) is 0 Å². The van der Waals surface area contributed by atoms with Crippen LogP contribution >= 0.6 is 0 Å². The number of benzene rings is 1. The molecule has 0 N–H and O–H groups in total. The molecule has 5 heteroatoms. The quantitative estimate of drug-likeness (QED) is 0.870. The van der Waals surface area contributed by atoms with Gasteiger partial charge in [0.1, 0.15) is 0 Å². The van der Waals surface area contributed by atoms with E-state index in [-0.39, 0.29) is 5.91 Å². The highest BCUT2D eigenvalue weighted by Crippen LogP contribution is 2.25. The fourth-order valence-electron chi connectivity index (χ4n) is 3.35. The normalized spacial score (nSPS) is 15.8. The van der Waals surface area contributed by atoms with Crippen LogP contribution in [0.15, 0.2) is 24.3 Å². The van der Waals surface area contributed by atoms with Gasteiger partial charge in [-0.2, -0.15) is 5.10 Å². The predicted molar refractivity (Wildman–Crippen MR) is 96.1 cm³/mol. The Balaban J connectivity index is 1.82. The molecule has 24 heavy (non-hydrogen) atoms. The molecular formula is C19H26N4O. The Hall–Kier alpha value is -2.14. The van der Waals surface area contributed by atoms with E-state index >= 15 is 0 Å². The number of piperazine rings is 1. The van der Waals surface area contributed by atoms with Gasteiger partial charge in [-0.1, -0.05) is 30.7 Å². The van der Waals surface area contributed by atoms with E-state index in [2.05, 4.69) is 49.0 Å². The molecule has 1 saturated heterocycles. The van der Waals surface area contributed by atoms with Crippen LogP contribution in [0.5, 0.6) is 0 Å². The van der Waals surface area contributed by atoms with Crippen LogP contribution in [0.4, 0.5) is 0 Å². The Morgan fingerprint density at radius 3 is 2.46 bits per heavy atom. The molecular weight excluding hydrogens is 300 g/mol. The Labute approximate surface area is 143 Å². The SMILES string of the molecule is CCN1CCN(C(=O)c2cc(-c3ccc(C)cc3C)n(C)n2)CC1. The summed E-state index contributed by atoms with van der Waals surface area (Å²) < 4.78 is 1.81. The molecule has 3 rings (SSSR count). The van der Waals surface area contributed by atoms with Gasteiger partial charge in [-0.3, -0.25) is 9.48 Å². The summed E-state index contributed by atoms with van der Waals surface area (Å²) in [5.41, 5.74) is 5.10. The van der Waals surface area contributed by atoms with E-state index in [4.69, 9.17) is 0 Å². The minimum Gasteiger partial charge on any atom is -0.335 e. The highest BCUT2D eigenvalue weighted by molar-refractivity contribution is 5.93. The number of nitrogens with zero attached hydrogens (tertiary/aromatic N) is 4. The lowest BCUT2D eigenvalue weighted by Gasteiger charge is -2.33. The first-order valence-electron chi connectivity index (χ1n) is 8.63. The molecule has 2 heterocycles. The van der Waals surface area contributed by atoms with E-state index in [9.17, 15) is 4.79 Å². The smallest absolute Gasteiger partial charge is 0.274 e. The molecule has 0 bridgehead atoms.